The molecule has 2 heterocycles. The number of pyridine rings is 1. The normalized spacial score (nSPS) is 16.9. The number of likely N-dealkylation sites (N-methyl/N-ethyl adjacent to an activating group) is 1. The van der Waals surface area contributed by atoms with Gasteiger partial charge in [-0.05, 0) is 25.6 Å². The van der Waals surface area contributed by atoms with E-state index < -0.39 is 5.91 Å². The number of aromatic nitrogens is 1. The number of nitrogens with zero attached hydrogens (tertiary/aromatic N) is 3. The highest BCUT2D eigenvalue weighted by Gasteiger charge is 2.17. The van der Waals surface area contributed by atoms with Crippen LogP contribution in [0.15, 0.2) is 12.1 Å². The van der Waals surface area contributed by atoms with E-state index >= 15 is 0 Å². The van der Waals surface area contributed by atoms with Crippen LogP contribution >= 0.6 is 0 Å². The quantitative estimate of drug-likeness (QED) is 0.846. The second-order valence-electron chi connectivity index (χ2n) is 4.67. The highest BCUT2D eigenvalue weighted by molar-refractivity contribution is 5.94. The Morgan fingerprint density at radius 3 is 2.56 bits per heavy atom. The van der Waals surface area contributed by atoms with Crippen molar-refractivity contribution in [2.45, 2.75) is 13.3 Å². The molecule has 1 amide bonds. The first-order chi connectivity index (χ1) is 8.61. The predicted octanol–water partition coefficient (Wildman–Crippen LogP) is 0.495. The van der Waals surface area contributed by atoms with Gasteiger partial charge in [0, 0.05) is 26.2 Å². The highest BCUT2D eigenvalue weighted by atomic mass is 16.1. The largest absolute Gasteiger partial charge is 0.366 e. The maximum atomic E-state index is 11.3. The Kier molecular flexibility index (Phi) is 3.81. The number of hydrogen-bond donors (Lipinski definition) is 1. The molecule has 0 saturated carbocycles. The summed E-state index contributed by atoms with van der Waals surface area (Å²) in [6.45, 7) is 6.02. The van der Waals surface area contributed by atoms with E-state index in [0.717, 1.165) is 44.1 Å². The standard InChI is InChI=1S/C13H20N4O/c1-3-11-10(13(14)18)4-5-12(15-11)17-8-6-16(2)7-9-17/h4-5H,3,6-9H2,1-2H3,(H2,14,18). The van der Waals surface area contributed by atoms with Crippen molar-refractivity contribution in [1.82, 2.24) is 9.88 Å². The summed E-state index contributed by atoms with van der Waals surface area (Å²) in [7, 11) is 2.12. The number of nitrogens with two attached hydrogens (primary N) is 1. The molecule has 18 heavy (non-hydrogen) atoms. The van der Waals surface area contributed by atoms with Crippen LogP contribution < -0.4 is 10.6 Å². The lowest BCUT2D eigenvalue weighted by Gasteiger charge is -2.33. The first-order valence-corrected chi connectivity index (χ1v) is 6.35. The van der Waals surface area contributed by atoms with Crippen LogP contribution in [0.4, 0.5) is 5.82 Å². The number of piperazine rings is 1. The lowest BCUT2D eigenvalue weighted by atomic mass is 10.1. The monoisotopic (exact) mass is 248 g/mol. The molecule has 5 heteroatoms. The molecule has 1 aliphatic heterocycles. The molecular formula is C13H20N4O. The molecule has 1 aromatic heterocycles. The van der Waals surface area contributed by atoms with Gasteiger partial charge in [-0.1, -0.05) is 6.92 Å². The van der Waals surface area contributed by atoms with Crippen LogP contribution in [-0.2, 0) is 6.42 Å². The van der Waals surface area contributed by atoms with E-state index in [4.69, 9.17) is 5.73 Å². The van der Waals surface area contributed by atoms with Gasteiger partial charge in [-0.3, -0.25) is 4.79 Å². The average molecular weight is 248 g/mol. The SMILES string of the molecule is CCc1nc(N2CCN(C)CC2)ccc1C(N)=O. The maximum absolute atomic E-state index is 11.3. The summed E-state index contributed by atoms with van der Waals surface area (Å²) >= 11 is 0. The minimum atomic E-state index is -0.399. The second-order valence-corrected chi connectivity index (χ2v) is 4.67. The van der Waals surface area contributed by atoms with Gasteiger partial charge in [-0.2, -0.15) is 0 Å². The Bertz CT molecular complexity index is 439. The molecule has 0 spiro atoms. The van der Waals surface area contributed by atoms with Crippen molar-refractivity contribution < 1.29 is 4.79 Å². The first kappa shape index (κ1) is 12.8. The Labute approximate surface area is 108 Å². The number of rotatable bonds is 3. The third kappa shape index (κ3) is 2.61. The Hall–Kier alpha value is -1.62. The number of carbonyl (C=O) groups excluding carboxylic acids is 1. The van der Waals surface area contributed by atoms with Gasteiger partial charge in [-0.15, -0.1) is 0 Å². The molecule has 1 saturated heterocycles. The fourth-order valence-electron chi connectivity index (χ4n) is 2.20. The summed E-state index contributed by atoms with van der Waals surface area (Å²) < 4.78 is 0. The van der Waals surface area contributed by atoms with Crippen LogP contribution in [0.25, 0.3) is 0 Å². The van der Waals surface area contributed by atoms with Gasteiger partial charge in [-0.25, -0.2) is 4.98 Å². The smallest absolute Gasteiger partial charge is 0.250 e. The summed E-state index contributed by atoms with van der Waals surface area (Å²) in [5.41, 5.74) is 6.67. The number of anilines is 1. The van der Waals surface area contributed by atoms with Crippen LogP contribution in [-0.4, -0.2) is 49.0 Å². The van der Waals surface area contributed by atoms with E-state index in [9.17, 15) is 4.79 Å². The van der Waals surface area contributed by atoms with E-state index in [1.165, 1.54) is 0 Å². The van der Waals surface area contributed by atoms with E-state index in [1.807, 2.05) is 13.0 Å². The topological polar surface area (TPSA) is 62.5 Å². The fourth-order valence-corrected chi connectivity index (χ4v) is 2.20. The van der Waals surface area contributed by atoms with E-state index in [2.05, 4.69) is 21.8 Å². The van der Waals surface area contributed by atoms with Crippen molar-refractivity contribution in [3.05, 3.63) is 23.4 Å². The number of amides is 1. The van der Waals surface area contributed by atoms with Gasteiger partial charge in [0.15, 0.2) is 0 Å². The third-order valence-corrected chi connectivity index (χ3v) is 3.39. The zero-order valence-corrected chi connectivity index (χ0v) is 11.0. The van der Waals surface area contributed by atoms with Crippen molar-refractivity contribution in [3.63, 3.8) is 0 Å². The number of primary amides is 1. The number of hydrogen-bond acceptors (Lipinski definition) is 4. The Morgan fingerprint density at radius 1 is 1.33 bits per heavy atom. The van der Waals surface area contributed by atoms with Gasteiger partial charge in [0.05, 0.1) is 11.3 Å². The van der Waals surface area contributed by atoms with E-state index in [-0.39, 0.29) is 0 Å². The molecule has 0 aromatic carbocycles. The number of aryl methyl sites for hydroxylation is 1. The van der Waals surface area contributed by atoms with Crippen molar-refractivity contribution >= 4 is 11.7 Å². The van der Waals surface area contributed by atoms with Gasteiger partial charge >= 0.3 is 0 Å². The minimum absolute atomic E-state index is 0.399. The van der Waals surface area contributed by atoms with E-state index in [0.29, 0.717) is 5.56 Å². The third-order valence-electron chi connectivity index (χ3n) is 3.39. The summed E-state index contributed by atoms with van der Waals surface area (Å²) in [6, 6.07) is 3.69. The van der Waals surface area contributed by atoms with Crippen molar-refractivity contribution in [2.75, 3.05) is 38.1 Å². The highest BCUT2D eigenvalue weighted by Crippen LogP contribution is 2.17. The lowest BCUT2D eigenvalue weighted by Crippen LogP contribution is -2.44. The van der Waals surface area contributed by atoms with Gasteiger partial charge in [0.25, 0.3) is 5.91 Å². The summed E-state index contributed by atoms with van der Waals surface area (Å²) in [4.78, 5) is 20.4. The molecule has 1 aromatic rings. The zero-order chi connectivity index (χ0) is 13.1. The maximum Gasteiger partial charge on any atom is 0.250 e. The van der Waals surface area contributed by atoms with E-state index in [1.54, 1.807) is 6.07 Å². The Balaban J connectivity index is 2.22. The second kappa shape index (κ2) is 5.35. The zero-order valence-electron chi connectivity index (χ0n) is 11.0. The predicted molar refractivity (Wildman–Crippen MR) is 71.8 cm³/mol. The van der Waals surface area contributed by atoms with Crippen LogP contribution in [0.1, 0.15) is 23.0 Å². The molecule has 2 rings (SSSR count). The number of carbonyl (C=O) groups is 1. The van der Waals surface area contributed by atoms with Gasteiger partial charge in [0.2, 0.25) is 0 Å². The van der Waals surface area contributed by atoms with Crippen LogP contribution in [0.2, 0.25) is 0 Å². The van der Waals surface area contributed by atoms with Crippen LogP contribution in [0, 0.1) is 0 Å². The molecule has 98 valence electrons. The van der Waals surface area contributed by atoms with Crippen LogP contribution in [0.3, 0.4) is 0 Å². The minimum Gasteiger partial charge on any atom is -0.366 e. The summed E-state index contributed by atoms with van der Waals surface area (Å²) in [5.74, 6) is 0.550. The summed E-state index contributed by atoms with van der Waals surface area (Å²) in [5, 5.41) is 0. The van der Waals surface area contributed by atoms with Crippen molar-refractivity contribution in [3.8, 4) is 0 Å². The lowest BCUT2D eigenvalue weighted by molar-refractivity contribution is 0.0999. The molecular weight excluding hydrogens is 228 g/mol. The van der Waals surface area contributed by atoms with Crippen molar-refractivity contribution in [2.24, 2.45) is 5.73 Å². The van der Waals surface area contributed by atoms with Crippen molar-refractivity contribution in [1.29, 1.82) is 0 Å². The molecule has 0 bridgehead atoms. The molecule has 0 aliphatic carbocycles. The fraction of sp³-hybridized carbons (Fsp3) is 0.538. The molecule has 1 aliphatic rings. The molecule has 0 radical (unpaired) electrons. The molecule has 1 fully saturated rings. The van der Waals surface area contributed by atoms with Gasteiger partial charge in [0.1, 0.15) is 5.82 Å². The molecule has 2 N–H and O–H groups in total. The molecule has 5 nitrogen and oxygen atoms in total. The van der Waals surface area contributed by atoms with Crippen LogP contribution in [0.5, 0.6) is 0 Å². The Morgan fingerprint density at radius 2 is 2.00 bits per heavy atom. The molecule has 0 unspecified atom stereocenters. The summed E-state index contributed by atoms with van der Waals surface area (Å²) in [6.07, 6.45) is 0.722. The average Bonchev–Trinajstić information content (AvgIpc) is 2.38. The first-order valence-electron chi connectivity index (χ1n) is 6.35. The molecule has 0 atom stereocenters. The van der Waals surface area contributed by atoms with Gasteiger partial charge < -0.3 is 15.5 Å².